The maximum Gasteiger partial charge on any atom is 0.119 e. The van der Waals surface area contributed by atoms with E-state index < -0.39 is 6.10 Å². The number of hydrogen-bond donors (Lipinski definition) is 2. The Kier molecular flexibility index (Phi) is 7.48. The molecule has 0 bridgehead atoms. The van der Waals surface area contributed by atoms with Crippen molar-refractivity contribution in [2.24, 2.45) is 0 Å². The fourth-order valence-electron chi connectivity index (χ4n) is 3.62. The van der Waals surface area contributed by atoms with Crippen molar-refractivity contribution in [2.45, 2.75) is 44.9 Å². The van der Waals surface area contributed by atoms with Crippen LogP contribution >= 0.6 is 0 Å². The lowest BCUT2D eigenvalue weighted by molar-refractivity contribution is -0.00423. The van der Waals surface area contributed by atoms with Crippen LogP contribution < -0.4 is 10.1 Å². The number of methoxy groups -OCH3 is 1. The SMILES string of the molecule is COc1cccc(C(C)OC[C@H](O)CNC(C)(C)Cc2ccc3ccccc3c2)c1. The Morgan fingerprint density at radius 1 is 0.967 bits per heavy atom. The van der Waals surface area contributed by atoms with E-state index in [0.29, 0.717) is 6.54 Å². The van der Waals surface area contributed by atoms with Gasteiger partial charge in [0.05, 0.1) is 25.9 Å². The van der Waals surface area contributed by atoms with Gasteiger partial charge in [-0.2, -0.15) is 0 Å². The Labute approximate surface area is 179 Å². The largest absolute Gasteiger partial charge is 0.497 e. The van der Waals surface area contributed by atoms with Gasteiger partial charge in [0.2, 0.25) is 0 Å². The minimum Gasteiger partial charge on any atom is -0.497 e. The van der Waals surface area contributed by atoms with Crippen molar-refractivity contribution < 1.29 is 14.6 Å². The molecule has 0 saturated heterocycles. The second kappa shape index (κ2) is 10.1. The molecule has 0 aromatic heterocycles. The Morgan fingerprint density at radius 2 is 1.73 bits per heavy atom. The highest BCUT2D eigenvalue weighted by molar-refractivity contribution is 5.83. The van der Waals surface area contributed by atoms with Gasteiger partial charge in [0.15, 0.2) is 0 Å². The Bertz CT molecular complexity index is 954. The number of ether oxygens (including phenoxy) is 2. The van der Waals surface area contributed by atoms with Crippen molar-refractivity contribution in [2.75, 3.05) is 20.3 Å². The number of hydrogen-bond acceptors (Lipinski definition) is 4. The summed E-state index contributed by atoms with van der Waals surface area (Å²) in [4.78, 5) is 0. The van der Waals surface area contributed by atoms with Gasteiger partial charge in [-0.15, -0.1) is 0 Å². The molecule has 0 aliphatic rings. The molecule has 0 fully saturated rings. The zero-order valence-electron chi connectivity index (χ0n) is 18.4. The van der Waals surface area contributed by atoms with Crippen LogP contribution in [0.1, 0.15) is 38.0 Å². The second-order valence-electron chi connectivity index (χ2n) is 8.53. The summed E-state index contributed by atoms with van der Waals surface area (Å²) in [6.45, 7) is 7.06. The molecule has 30 heavy (non-hydrogen) atoms. The van der Waals surface area contributed by atoms with E-state index in [1.807, 2.05) is 31.2 Å². The van der Waals surface area contributed by atoms with Gasteiger partial charge in [0, 0.05) is 12.1 Å². The first-order valence-corrected chi connectivity index (χ1v) is 10.5. The molecule has 1 unspecified atom stereocenters. The van der Waals surface area contributed by atoms with Gasteiger partial charge in [-0.05, 0) is 61.2 Å². The van der Waals surface area contributed by atoms with Gasteiger partial charge in [0.1, 0.15) is 5.75 Å². The fraction of sp³-hybridized carbons (Fsp3) is 0.385. The number of aliphatic hydroxyl groups is 1. The average molecular weight is 408 g/mol. The van der Waals surface area contributed by atoms with E-state index in [1.54, 1.807) is 7.11 Å². The van der Waals surface area contributed by atoms with Crippen molar-refractivity contribution in [3.8, 4) is 5.75 Å². The van der Waals surface area contributed by atoms with Crippen molar-refractivity contribution in [1.82, 2.24) is 5.32 Å². The fourth-order valence-corrected chi connectivity index (χ4v) is 3.62. The predicted molar refractivity (Wildman–Crippen MR) is 123 cm³/mol. The molecule has 0 aliphatic heterocycles. The second-order valence-corrected chi connectivity index (χ2v) is 8.53. The van der Waals surface area contributed by atoms with Crippen molar-refractivity contribution >= 4 is 10.8 Å². The Morgan fingerprint density at radius 3 is 2.50 bits per heavy atom. The quantitative estimate of drug-likeness (QED) is 0.502. The third kappa shape index (κ3) is 6.30. The van der Waals surface area contributed by atoms with Crippen LogP contribution in [0.2, 0.25) is 0 Å². The number of nitrogens with one attached hydrogen (secondary N) is 1. The van der Waals surface area contributed by atoms with Gasteiger partial charge in [-0.1, -0.05) is 54.6 Å². The highest BCUT2D eigenvalue weighted by Gasteiger charge is 2.20. The summed E-state index contributed by atoms with van der Waals surface area (Å²) in [5.74, 6) is 0.806. The van der Waals surface area contributed by atoms with Crippen molar-refractivity contribution in [3.63, 3.8) is 0 Å². The van der Waals surface area contributed by atoms with E-state index in [4.69, 9.17) is 9.47 Å². The van der Waals surface area contributed by atoms with Crippen LogP contribution in [0.25, 0.3) is 10.8 Å². The first-order valence-electron chi connectivity index (χ1n) is 10.5. The number of fused-ring (bicyclic) bond motifs is 1. The Hall–Kier alpha value is -2.40. The molecular formula is C26H33NO3. The van der Waals surface area contributed by atoms with Crippen molar-refractivity contribution in [1.29, 1.82) is 0 Å². The molecule has 2 N–H and O–H groups in total. The van der Waals surface area contributed by atoms with Crippen LogP contribution in [0.15, 0.2) is 66.7 Å². The molecule has 4 nitrogen and oxygen atoms in total. The Balaban J connectivity index is 1.48. The van der Waals surface area contributed by atoms with Crippen LogP contribution in [0.3, 0.4) is 0 Å². The maximum atomic E-state index is 10.4. The molecule has 0 spiro atoms. The van der Waals surface area contributed by atoms with Crippen LogP contribution in [-0.2, 0) is 11.2 Å². The van der Waals surface area contributed by atoms with E-state index in [-0.39, 0.29) is 18.2 Å². The van der Waals surface area contributed by atoms with Crippen LogP contribution in [0, 0.1) is 0 Å². The summed E-state index contributed by atoms with van der Waals surface area (Å²) in [5.41, 5.74) is 2.18. The van der Waals surface area contributed by atoms with Gasteiger partial charge in [-0.3, -0.25) is 0 Å². The highest BCUT2D eigenvalue weighted by atomic mass is 16.5. The summed E-state index contributed by atoms with van der Waals surface area (Å²) in [6, 6.07) is 22.8. The molecule has 0 saturated carbocycles. The van der Waals surface area contributed by atoms with E-state index >= 15 is 0 Å². The van der Waals surface area contributed by atoms with Crippen LogP contribution in [0.4, 0.5) is 0 Å². The minimum atomic E-state index is -0.575. The molecule has 0 aliphatic carbocycles. The van der Waals surface area contributed by atoms with E-state index in [1.165, 1.54) is 16.3 Å². The first-order chi connectivity index (χ1) is 14.4. The third-order valence-corrected chi connectivity index (χ3v) is 5.38. The number of benzene rings is 3. The van der Waals surface area contributed by atoms with Gasteiger partial charge in [0.25, 0.3) is 0 Å². The normalized spacial score (nSPS) is 13.9. The average Bonchev–Trinajstić information content (AvgIpc) is 2.75. The molecule has 3 aromatic carbocycles. The molecule has 3 aromatic rings. The van der Waals surface area contributed by atoms with Gasteiger partial charge < -0.3 is 19.9 Å². The molecule has 4 heteroatoms. The standard InChI is InChI=1S/C26H33NO3/c1-19(22-10-7-11-25(15-22)29-4)30-18-24(28)17-27-26(2,3)16-20-12-13-21-8-5-6-9-23(21)14-20/h5-15,19,24,27-28H,16-18H2,1-4H3/t19?,24-/m1/s1. The van der Waals surface area contributed by atoms with Crippen molar-refractivity contribution in [3.05, 3.63) is 77.9 Å². The summed E-state index contributed by atoms with van der Waals surface area (Å²) in [5, 5.41) is 16.4. The summed E-state index contributed by atoms with van der Waals surface area (Å²) in [7, 11) is 1.65. The van der Waals surface area contributed by atoms with Gasteiger partial charge >= 0.3 is 0 Å². The maximum absolute atomic E-state index is 10.4. The lowest BCUT2D eigenvalue weighted by Gasteiger charge is -2.28. The molecule has 0 amide bonds. The number of β-amino-alcohol motifs (C(OH)–C–C–N with tert-alkyl or cyclic N) is 1. The monoisotopic (exact) mass is 407 g/mol. The molecule has 160 valence electrons. The number of aliphatic hydroxyl groups excluding tert-OH is 1. The predicted octanol–water partition coefficient (Wildman–Crippen LogP) is 4.90. The summed E-state index contributed by atoms with van der Waals surface area (Å²) < 4.78 is 11.1. The minimum absolute atomic E-state index is 0.111. The molecule has 0 heterocycles. The zero-order valence-corrected chi connectivity index (χ0v) is 18.4. The van der Waals surface area contributed by atoms with Crippen LogP contribution in [0.5, 0.6) is 5.75 Å². The number of rotatable bonds is 10. The lowest BCUT2D eigenvalue weighted by Crippen LogP contribution is -2.46. The molecule has 3 rings (SSSR count). The topological polar surface area (TPSA) is 50.7 Å². The van der Waals surface area contributed by atoms with Crippen LogP contribution in [-0.4, -0.2) is 37.0 Å². The zero-order chi connectivity index (χ0) is 21.6. The molecule has 2 atom stereocenters. The van der Waals surface area contributed by atoms with E-state index in [9.17, 15) is 5.11 Å². The highest BCUT2D eigenvalue weighted by Crippen LogP contribution is 2.22. The van der Waals surface area contributed by atoms with E-state index in [2.05, 4.69) is 61.6 Å². The molecular weight excluding hydrogens is 374 g/mol. The molecule has 0 radical (unpaired) electrons. The third-order valence-electron chi connectivity index (χ3n) is 5.38. The lowest BCUT2D eigenvalue weighted by atomic mass is 9.93. The van der Waals surface area contributed by atoms with Gasteiger partial charge in [-0.25, -0.2) is 0 Å². The summed E-state index contributed by atoms with van der Waals surface area (Å²) in [6.07, 6.45) is 0.195. The summed E-state index contributed by atoms with van der Waals surface area (Å²) >= 11 is 0. The smallest absolute Gasteiger partial charge is 0.119 e. The van der Waals surface area contributed by atoms with E-state index in [0.717, 1.165) is 17.7 Å². The first kappa shape index (κ1) is 22.3.